The average Bonchev–Trinajstić information content (AvgIpc) is 2.48. The molecule has 0 bridgehead atoms. The Morgan fingerprint density at radius 1 is 1.58 bits per heavy atom. The lowest BCUT2D eigenvalue weighted by atomic mass is 10.2. The van der Waals surface area contributed by atoms with Gasteiger partial charge in [0.05, 0.1) is 11.2 Å². The van der Waals surface area contributed by atoms with Crippen LogP contribution in [0.4, 0.5) is 5.69 Å². The van der Waals surface area contributed by atoms with Crippen LogP contribution in [0, 0.1) is 0 Å². The van der Waals surface area contributed by atoms with Gasteiger partial charge in [-0.15, -0.1) is 0 Å². The maximum Gasteiger partial charge on any atom is 0.111 e. The second kappa shape index (κ2) is 2.37. The first-order chi connectivity index (χ1) is 5.83. The van der Waals surface area contributed by atoms with E-state index in [1.54, 1.807) is 18.5 Å². The number of nitrogens with two attached hydrogens (primary N) is 1. The monoisotopic (exact) mass is 159 g/mol. The first-order valence-corrected chi connectivity index (χ1v) is 3.67. The molecule has 60 valence electrons. The van der Waals surface area contributed by atoms with Crippen LogP contribution in [0.15, 0.2) is 25.0 Å². The number of aromatic amines is 1. The zero-order valence-corrected chi connectivity index (χ0v) is 6.54. The van der Waals surface area contributed by atoms with Crippen LogP contribution in [0.2, 0.25) is 0 Å². The molecule has 0 fully saturated rings. The van der Waals surface area contributed by atoms with E-state index in [4.69, 9.17) is 5.73 Å². The van der Waals surface area contributed by atoms with Crippen LogP contribution in [0.1, 0.15) is 5.56 Å². The molecule has 3 nitrogen and oxygen atoms in total. The Morgan fingerprint density at radius 3 is 3.17 bits per heavy atom. The summed E-state index contributed by atoms with van der Waals surface area (Å²) in [4.78, 5) is 7.19. The minimum absolute atomic E-state index is 0.675. The van der Waals surface area contributed by atoms with E-state index in [9.17, 15) is 0 Å². The van der Waals surface area contributed by atoms with Crippen LogP contribution in [0.25, 0.3) is 17.1 Å². The molecule has 3 N–H and O–H groups in total. The number of nitrogen functional groups attached to an aromatic ring is 1. The molecule has 0 aromatic carbocycles. The van der Waals surface area contributed by atoms with Gasteiger partial charge < -0.3 is 10.7 Å². The molecular weight excluding hydrogens is 150 g/mol. The molecule has 2 heterocycles. The molecule has 2 aromatic heterocycles. The number of hydrogen-bond acceptors (Lipinski definition) is 2. The maximum absolute atomic E-state index is 5.67. The lowest BCUT2D eigenvalue weighted by molar-refractivity contribution is 1.40. The summed E-state index contributed by atoms with van der Waals surface area (Å²) in [6, 6.07) is 1.89. The normalized spacial score (nSPS) is 10.3. The second-order valence-corrected chi connectivity index (χ2v) is 2.57. The molecule has 0 aliphatic heterocycles. The van der Waals surface area contributed by atoms with Gasteiger partial charge in [-0.2, -0.15) is 0 Å². The minimum atomic E-state index is 0.675. The average molecular weight is 159 g/mol. The number of anilines is 1. The third-order valence-corrected chi connectivity index (χ3v) is 1.85. The van der Waals surface area contributed by atoms with Gasteiger partial charge in [-0.3, -0.25) is 4.98 Å². The highest BCUT2D eigenvalue weighted by Gasteiger charge is 2.02. The smallest absolute Gasteiger partial charge is 0.111 e. The Morgan fingerprint density at radius 2 is 2.42 bits per heavy atom. The first kappa shape index (κ1) is 6.91. The van der Waals surface area contributed by atoms with Crippen molar-refractivity contribution in [2.75, 3.05) is 5.73 Å². The highest BCUT2D eigenvalue weighted by Crippen LogP contribution is 2.20. The van der Waals surface area contributed by atoms with Gasteiger partial charge in [-0.1, -0.05) is 12.7 Å². The molecule has 0 saturated carbocycles. The van der Waals surface area contributed by atoms with E-state index in [2.05, 4.69) is 16.5 Å². The molecule has 0 saturated heterocycles. The van der Waals surface area contributed by atoms with E-state index in [0.29, 0.717) is 5.69 Å². The Balaban J connectivity index is 2.89. The number of hydrogen-bond donors (Lipinski definition) is 2. The van der Waals surface area contributed by atoms with E-state index >= 15 is 0 Å². The van der Waals surface area contributed by atoms with Gasteiger partial charge >= 0.3 is 0 Å². The molecule has 0 unspecified atom stereocenters. The standard InChI is InChI=1S/C9H9N3/c1-2-6-3-4-11-9-7(10)5-12-8(6)9/h2-5,12H,1,10H2. The third-order valence-electron chi connectivity index (χ3n) is 1.85. The van der Waals surface area contributed by atoms with E-state index in [1.807, 2.05) is 6.07 Å². The van der Waals surface area contributed by atoms with Crippen LogP contribution in [-0.2, 0) is 0 Å². The van der Waals surface area contributed by atoms with Crippen molar-refractivity contribution >= 4 is 22.8 Å². The van der Waals surface area contributed by atoms with Gasteiger partial charge in [0.25, 0.3) is 0 Å². The van der Waals surface area contributed by atoms with Gasteiger partial charge in [-0.25, -0.2) is 0 Å². The molecule has 0 spiro atoms. The third kappa shape index (κ3) is 0.797. The maximum atomic E-state index is 5.67. The molecule has 0 amide bonds. The molecule has 3 heteroatoms. The molecule has 0 aliphatic rings. The van der Waals surface area contributed by atoms with Crippen molar-refractivity contribution in [1.82, 2.24) is 9.97 Å². The van der Waals surface area contributed by atoms with Crippen LogP contribution in [-0.4, -0.2) is 9.97 Å². The fourth-order valence-electron chi connectivity index (χ4n) is 1.24. The van der Waals surface area contributed by atoms with Crippen molar-refractivity contribution in [2.45, 2.75) is 0 Å². The van der Waals surface area contributed by atoms with Crippen LogP contribution >= 0.6 is 0 Å². The molecule has 0 aliphatic carbocycles. The van der Waals surface area contributed by atoms with Crippen LogP contribution in [0.3, 0.4) is 0 Å². The lowest BCUT2D eigenvalue weighted by Gasteiger charge is -1.94. The quantitative estimate of drug-likeness (QED) is 0.666. The molecule has 2 rings (SSSR count). The zero-order valence-electron chi connectivity index (χ0n) is 6.54. The Bertz CT molecular complexity index is 428. The fourth-order valence-corrected chi connectivity index (χ4v) is 1.24. The zero-order chi connectivity index (χ0) is 8.55. The number of pyridine rings is 1. The van der Waals surface area contributed by atoms with Crippen molar-refractivity contribution in [2.24, 2.45) is 0 Å². The largest absolute Gasteiger partial charge is 0.396 e. The Hall–Kier alpha value is -1.77. The second-order valence-electron chi connectivity index (χ2n) is 2.57. The van der Waals surface area contributed by atoms with E-state index in [-0.39, 0.29) is 0 Å². The van der Waals surface area contributed by atoms with Crippen molar-refractivity contribution in [1.29, 1.82) is 0 Å². The van der Waals surface area contributed by atoms with E-state index in [1.165, 1.54) is 0 Å². The van der Waals surface area contributed by atoms with E-state index < -0.39 is 0 Å². The first-order valence-electron chi connectivity index (χ1n) is 3.67. The molecule has 0 atom stereocenters. The topological polar surface area (TPSA) is 54.7 Å². The summed E-state index contributed by atoms with van der Waals surface area (Å²) in [7, 11) is 0. The molecule has 2 aromatic rings. The molecule has 0 radical (unpaired) electrons. The van der Waals surface area contributed by atoms with Gasteiger partial charge in [0, 0.05) is 18.0 Å². The highest BCUT2D eigenvalue weighted by atomic mass is 14.8. The number of nitrogens with one attached hydrogen (secondary N) is 1. The SMILES string of the molecule is C=Cc1ccnc2c(N)c[nH]c12. The summed E-state index contributed by atoms with van der Waals surface area (Å²) >= 11 is 0. The Kier molecular flexibility index (Phi) is 1.37. The summed E-state index contributed by atoms with van der Waals surface area (Å²) in [5.41, 5.74) is 9.13. The van der Waals surface area contributed by atoms with Crippen molar-refractivity contribution in [3.05, 3.63) is 30.6 Å². The van der Waals surface area contributed by atoms with Gasteiger partial charge in [0.15, 0.2) is 0 Å². The fraction of sp³-hybridized carbons (Fsp3) is 0. The van der Waals surface area contributed by atoms with Crippen LogP contribution < -0.4 is 5.73 Å². The minimum Gasteiger partial charge on any atom is -0.396 e. The Labute approximate surface area is 69.9 Å². The summed E-state index contributed by atoms with van der Waals surface area (Å²) in [5.74, 6) is 0. The number of H-pyrrole nitrogens is 1. The summed E-state index contributed by atoms with van der Waals surface area (Å²) in [6.07, 6.45) is 5.24. The summed E-state index contributed by atoms with van der Waals surface area (Å²) in [6.45, 7) is 3.70. The predicted molar refractivity (Wildman–Crippen MR) is 50.6 cm³/mol. The van der Waals surface area contributed by atoms with Crippen molar-refractivity contribution < 1.29 is 0 Å². The lowest BCUT2D eigenvalue weighted by Crippen LogP contribution is -1.84. The van der Waals surface area contributed by atoms with Gasteiger partial charge in [0.2, 0.25) is 0 Å². The number of rotatable bonds is 1. The van der Waals surface area contributed by atoms with Crippen LogP contribution in [0.5, 0.6) is 0 Å². The number of aromatic nitrogens is 2. The summed E-state index contributed by atoms with van der Waals surface area (Å²) < 4.78 is 0. The molecule has 12 heavy (non-hydrogen) atoms. The van der Waals surface area contributed by atoms with Gasteiger partial charge in [-0.05, 0) is 6.07 Å². The number of nitrogens with zero attached hydrogens (tertiary/aromatic N) is 1. The number of fused-ring (bicyclic) bond motifs is 1. The van der Waals surface area contributed by atoms with Crippen molar-refractivity contribution in [3.8, 4) is 0 Å². The van der Waals surface area contributed by atoms with Crippen molar-refractivity contribution in [3.63, 3.8) is 0 Å². The summed E-state index contributed by atoms with van der Waals surface area (Å²) in [5, 5.41) is 0. The van der Waals surface area contributed by atoms with Gasteiger partial charge in [0.1, 0.15) is 5.52 Å². The predicted octanol–water partition coefficient (Wildman–Crippen LogP) is 1.79. The van der Waals surface area contributed by atoms with E-state index in [0.717, 1.165) is 16.6 Å². The molecular formula is C9H9N3. The highest BCUT2D eigenvalue weighted by molar-refractivity contribution is 5.92.